The minimum absolute atomic E-state index is 0.0495. The van der Waals surface area contributed by atoms with Gasteiger partial charge in [-0.3, -0.25) is 9.52 Å². The summed E-state index contributed by atoms with van der Waals surface area (Å²) in [4.78, 5) is 13.2. The molecule has 0 radical (unpaired) electrons. The van der Waals surface area contributed by atoms with E-state index in [1.165, 1.54) is 0 Å². The predicted molar refractivity (Wildman–Crippen MR) is 114 cm³/mol. The molecule has 7 heteroatoms. The third kappa shape index (κ3) is 4.67. The summed E-state index contributed by atoms with van der Waals surface area (Å²) >= 11 is 6.15. The van der Waals surface area contributed by atoms with Gasteiger partial charge in [0.05, 0.1) is 11.2 Å². The Bertz CT molecular complexity index is 936. The summed E-state index contributed by atoms with van der Waals surface area (Å²) in [6.45, 7) is 1.82. The Kier molecular flexibility index (Phi) is 6.30. The second-order valence-electron chi connectivity index (χ2n) is 7.25. The van der Waals surface area contributed by atoms with Crippen LogP contribution in [0.2, 0.25) is 5.02 Å². The number of rotatable bonds is 7. The zero-order chi connectivity index (χ0) is 20.2. The average molecular weight is 421 g/mol. The molecule has 2 aromatic rings. The lowest BCUT2D eigenvalue weighted by Gasteiger charge is -2.28. The van der Waals surface area contributed by atoms with Crippen molar-refractivity contribution in [3.63, 3.8) is 0 Å². The van der Waals surface area contributed by atoms with E-state index in [9.17, 15) is 13.2 Å². The van der Waals surface area contributed by atoms with E-state index in [1.807, 2.05) is 31.2 Å². The number of benzene rings is 2. The molecule has 28 heavy (non-hydrogen) atoms. The largest absolute Gasteiger partial charge is 0.325 e. The third-order valence-electron chi connectivity index (χ3n) is 5.16. The number of amides is 1. The van der Waals surface area contributed by atoms with E-state index >= 15 is 0 Å². The molecule has 1 aliphatic carbocycles. The molecule has 0 aromatic heterocycles. The number of anilines is 2. The molecule has 1 saturated carbocycles. The van der Waals surface area contributed by atoms with Gasteiger partial charge < -0.3 is 5.32 Å². The van der Waals surface area contributed by atoms with Crippen molar-refractivity contribution in [2.24, 2.45) is 0 Å². The lowest BCUT2D eigenvalue weighted by atomic mass is 9.78. The first-order valence-corrected chi connectivity index (χ1v) is 11.6. The van der Waals surface area contributed by atoms with E-state index in [4.69, 9.17) is 11.6 Å². The van der Waals surface area contributed by atoms with Crippen LogP contribution in [-0.2, 0) is 20.2 Å². The molecule has 0 aliphatic heterocycles. The maximum Gasteiger partial charge on any atom is 0.235 e. The summed E-state index contributed by atoms with van der Waals surface area (Å²) in [6.07, 6.45) is 4.12. The Morgan fingerprint density at radius 3 is 2.32 bits per heavy atom. The molecular formula is C21H25ClN2O3S. The van der Waals surface area contributed by atoms with E-state index in [0.717, 1.165) is 31.2 Å². The van der Waals surface area contributed by atoms with Gasteiger partial charge >= 0.3 is 0 Å². The van der Waals surface area contributed by atoms with Crippen molar-refractivity contribution in [2.45, 2.75) is 44.4 Å². The van der Waals surface area contributed by atoms with Crippen molar-refractivity contribution in [2.75, 3.05) is 15.8 Å². The Hall–Kier alpha value is -2.05. The van der Waals surface area contributed by atoms with Crippen molar-refractivity contribution >= 4 is 38.9 Å². The summed E-state index contributed by atoms with van der Waals surface area (Å²) in [5.41, 5.74) is 1.49. The van der Waals surface area contributed by atoms with Gasteiger partial charge in [0.15, 0.2) is 0 Å². The molecule has 2 N–H and O–H groups in total. The molecule has 0 unspecified atom stereocenters. The number of carbonyl (C=O) groups excluding carboxylic acids is 1. The van der Waals surface area contributed by atoms with Gasteiger partial charge in [-0.1, -0.05) is 43.5 Å². The molecule has 5 nitrogen and oxygen atoms in total. The van der Waals surface area contributed by atoms with Crippen LogP contribution in [0.25, 0.3) is 0 Å². The maximum absolute atomic E-state index is 13.2. The quantitative estimate of drug-likeness (QED) is 0.665. The summed E-state index contributed by atoms with van der Waals surface area (Å²) in [6, 6.07) is 14.3. The smallest absolute Gasteiger partial charge is 0.235 e. The van der Waals surface area contributed by atoms with Gasteiger partial charge in [-0.05, 0) is 61.2 Å². The number of carbonyl (C=O) groups is 1. The number of halogens is 1. The Morgan fingerprint density at radius 2 is 1.71 bits per heavy atom. The third-order valence-corrected chi connectivity index (χ3v) is 6.89. The molecule has 0 saturated heterocycles. The van der Waals surface area contributed by atoms with E-state index in [0.29, 0.717) is 22.8 Å². The summed E-state index contributed by atoms with van der Waals surface area (Å²) in [5.74, 6) is 0.0276. The molecule has 1 fully saturated rings. The Balaban J connectivity index is 1.76. The molecule has 0 spiro atoms. The first-order valence-electron chi connectivity index (χ1n) is 9.53. The van der Waals surface area contributed by atoms with E-state index in [1.54, 1.807) is 24.3 Å². The normalized spacial score (nSPS) is 15.9. The highest BCUT2D eigenvalue weighted by Gasteiger charge is 2.42. The molecule has 1 amide bonds. The fourth-order valence-electron chi connectivity index (χ4n) is 3.78. The summed E-state index contributed by atoms with van der Waals surface area (Å²) < 4.78 is 26.3. The minimum atomic E-state index is -3.33. The highest BCUT2D eigenvalue weighted by atomic mass is 35.5. The predicted octanol–water partition coefficient (Wildman–Crippen LogP) is 4.94. The monoisotopic (exact) mass is 420 g/mol. The Labute approximate surface area is 171 Å². The van der Waals surface area contributed by atoms with Crippen LogP contribution in [0.3, 0.4) is 0 Å². The van der Waals surface area contributed by atoms with Crippen LogP contribution in [0.4, 0.5) is 11.4 Å². The molecule has 3 rings (SSSR count). The first-order chi connectivity index (χ1) is 13.3. The van der Waals surface area contributed by atoms with Crippen molar-refractivity contribution in [3.8, 4) is 0 Å². The van der Waals surface area contributed by atoms with E-state index in [-0.39, 0.29) is 11.7 Å². The minimum Gasteiger partial charge on any atom is -0.325 e. The van der Waals surface area contributed by atoms with Gasteiger partial charge in [0.1, 0.15) is 0 Å². The first kappa shape index (κ1) is 20.7. The molecular weight excluding hydrogens is 396 g/mol. The fourth-order valence-corrected chi connectivity index (χ4v) is 5.11. The summed E-state index contributed by atoms with van der Waals surface area (Å²) in [5, 5.41) is 3.62. The molecule has 150 valence electrons. The SMILES string of the molecule is CCCS(=O)(=O)Nc1ccc(NC(=O)C2(c3cccc(Cl)c3)CCCC2)cc1. The van der Waals surface area contributed by atoms with Crippen molar-refractivity contribution < 1.29 is 13.2 Å². The van der Waals surface area contributed by atoms with Gasteiger partial charge in [-0.2, -0.15) is 0 Å². The molecule has 0 atom stereocenters. The zero-order valence-electron chi connectivity index (χ0n) is 15.9. The topological polar surface area (TPSA) is 75.3 Å². The van der Waals surface area contributed by atoms with Crippen LogP contribution in [0, 0.1) is 0 Å². The van der Waals surface area contributed by atoms with Crippen molar-refractivity contribution in [3.05, 3.63) is 59.1 Å². The lowest BCUT2D eigenvalue weighted by molar-refractivity contribution is -0.121. The van der Waals surface area contributed by atoms with Crippen LogP contribution in [0.15, 0.2) is 48.5 Å². The van der Waals surface area contributed by atoms with E-state index < -0.39 is 15.4 Å². The van der Waals surface area contributed by atoms with Gasteiger partial charge in [0.25, 0.3) is 0 Å². The van der Waals surface area contributed by atoms with Crippen LogP contribution >= 0.6 is 11.6 Å². The average Bonchev–Trinajstić information content (AvgIpc) is 3.14. The standard InChI is InChI=1S/C21H25ClN2O3S/c1-2-14-28(26,27)24-19-10-8-18(9-11-19)23-20(25)21(12-3-4-13-21)16-6-5-7-17(22)15-16/h5-11,15,24H,2-4,12-14H2,1H3,(H,23,25). The van der Waals surface area contributed by atoms with Gasteiger partial charge in [-0.15, -0.1) is 0 Å². The summed E-state index contributed by atoms with van der Waals surface area (Å²) in [7, 11) is -3.33. The second kappa shape index (κ2) is 8.53. The maximum atomic E-state index is 13.2. The fraction of sp³-hybridized carbons (Fsp3) is 0.381. The molecule has 2 aromatic carbocycles. The molecule has 0 heterocycles. The lowest BCUT2D eigenvalue weighted by Crippen LogP contribution is -2.38. The van der Waals surface area contributed by atoms with Crippen LogP contribution in [-0.4, -0.2) is 20.1 Å². The highest BCUT2D eigenvalue weighted by Crippen LogP contribution is 2.42. The van der Waals surface area contributed by atoms with E-state index in [2.05, 4.69) is 10.0 Å². The zero-order valence-corrected chi connectivity index (χ0v) is 17.4. The van der Waals surface area contributed by atoms with Crippen LogP contribution in [0.5, 0.6) is 0 Å². The number of sulfonamides is 1. The van der Waals surface area contributed by atoms with Crippen molar-refractivity contribution in [1.82, 2.24) is 0 Å². The molecule has 1 aliphatic rings. The Morgan fingerprint density at radius 1 is 1.07 bits per heavy atom. The van der Waals surface area contributed by atoms with Gasteiger partial charge in [0, 0.05) is 16.4 Å². The number of nitrogens with one attached hydrogen (secondary N) is 2. The van der Waals surface area contributed by atoms with Crippen molar-refractivity contribution in [1.29, 1.82) is 0 Å². The molecule has 0 bridgehead atoms. The highest BCUT2D eigenvalue weighted by molar-refractivity contribution is 7.92. The number of hydrogen-bond acceptors (Lipinski definition) is 3. The van der Waals surface area contributed by atoms with Gasteiger partial charge in [-0.25, -0.2) is 8.42 Å². The number of hydrogen-bond donors (Lipinski definition) is 2. The van der Waals surface area contributed by atoms with Crippen LogP contribution in [0.1, 0.15) is 44.6 Å². The van der Waals surface area contributed by atoms with Crippen LogP contribution < -0.4 is 10.0 Å². The second-order valence-corrected chi connectivity index (χ2v) is 9.53. The van der Waals surface area contributed by atoms with Gasteiger partial charge in [0.2, 0.25) is 15.9 Å².